The molecule has 3 aromatic rings. The number of piperazine rings is 1. The predicted octanol–water partition coefficient (Wildman–Crippen LogP) is 3.10. The number of hydrogen-bond donors (Lipinski definition) is 1. The van der Waals surface area contributed by atoms with Crippen LogP contribution in [0.25, 0.3) is 0 Å². The molecule has 7 heteroatoms. The molecule has 2 heterocycles. The monoisotopic (exact) mass is 398 g/mol. The molecule has 1 atom stereocenters. The molecule has 1 fully saturated rings. The number of aliphatic hydroxyl groups excluding tert-OH is 1. The van der Waals surface area contributed by atoms with Gasteiger partial charge in [0.05, 0.1) is 0 Å². The molecule has 0 saturated carbocycles. The fourth-order valence-corrected chi connectivity index (χ4v) is 3.82. The van der Waals surface area contributed by atoms with Gasteiger partial charge in [0.1, 0.15) is 23.6 Å². The lowest BCUT2D eigenvalue weighted by atomic mass is 10.0. The molecule has 4 rings (SSSR count). The summed E-state index contributed by atoms with van der Waals surface area (Å²) in [6, 6.07) is 11.6. The number of halogens is 2. The first kappa shape index (κ1) is 19.5. The minimum Gasteiger partial charge on any atom is -0.380 e. The topological polar surface area (TPSA) is 44.5 Å². The Morgan fingerprint density at radius 3 is 2.52 bits per heavy atom. The van der Waals surface area contributed by atoms with Crippen LogP contribution in [0.4, 0.5) is 14.5 Å². The maximum atomic E-state index is 13.9. The summed E-state index contributed by atoms with van der Waals surface area (Å²) >= 11 is 0. The third-order valence-corrected chi connectivity index (χ3v) is 5.46. The molecule has 0 amide bonds. The van der Waals surface area contributed by atoms with Crippen molar-refractivity contribution in [2.45, 2.75) is 12.6 Å². The van der Waals surface area contributed by atoms with Gasteiger partial charge in [-0.15, -0.1) is 0 Å². The largest absolute Gasteiger partial charge is 0.380 e. The Kier molecular flexibility index (Phi) is 5.60. The van der Waals surface area contributed by atoms with Gasteiger partial charge >= 0.3 is 0 Å². The van der Waals surface area contributed by atoms with Gasteiger partial charge < -0.3 is 14.6 Å². The quantitative estimate of drug-likeness (QED) is 0.717. The van der Waals surface area contributed by atoms with Gasteiger partial charge in [-0.25, -0.2) is 13.8 Å². The van der Waals surface area contributed by atoms with E-state index in [4.69, 9.17) is 0 Å². The fraction of sp³-hybridized carbons (Fsp3) is 0.318. The maximum Gasteiger partial charge on any atom is 0.142 e. The van der Waals surface area contributed by atoms with E-state index in [2.05, 4.69) is 14.8 Å². The van der Waals surface area contributed by atoms with Crippen LogP contribution in [0, 0.1) is 11.6 Å². The van der Waals surface area contributed by atoms with Crippen molar-refractivity contribution in [3.8, 4) is 0 Å². The number of para-hydroxylation sites is 1. The second-order valence-corrected chi connectivity index (χ2v) is 7.36. The molecule has 1 saturated heterocycles. The molecular formula is C22H24F2N4O. The fourth-order valence-electron chi connectivity index (χ4n) is 3.82. The number of benzene rings is 2. The van der Waals surface area contributed by atoms with Gasteiger partial charge in [0.25, 0.3) is 0 Å². The molecule has 29 heavy (non-hydrogen) atoms. The Bertz CT molecular complexity index is 982. The van der Waals surface area contributed by atoms with Crippen LogP contribution in [0.3, 0.4) is 0 Å². The smallest absolute Gasteiger partial charge is 0.142 e. The average molecular weight is 398 g/mol. The summed E-state index contributed by atoms with van der Waals surface area (Å²) in [7, 11) is 1.86. The molecule has 0 spiro atoms. The molecule has 152 valence electrons. The summed E-state index contributed by atoms with van der Waals surface area (Å²) in [5.41, 5.74) is 2.31. The number of anilines is 1. The first-order valence-corrected chi connectivity index (χ1v) is 9.68. The normalized spacial score (nSPS) is 16.2. The average Bonchev–Trinajstić information content (AvgIpc) is 3.16. The second-order valence-electron chi connectivity index (χ2n) is 7.36. The van der Waals surface area contributed by atoms with E-state index in [9.17, 15) is 13.9 Å². The first-order chi connectivity index (χ1) is 14.0. The standard InChI is InChI=1S/C22H24F2N4O/c1-26-9-8-25-22(26)21(29)18-4-2-3-5-20(18)28-12-10-27(11-13-28)15-16-6-7-17(23)14-19(16)24/h2-9,14,21,29H,10-13,15H2,1H3/t21-/m0/s1. The molecule has 1 aromatic heterocycles. The van der Waals surface area contributed by atoms with Gasteiger partial charge in [-0.3, -0.25) is 4.90 Å². The molecule has 0 bridgehead atoms. The van der Waals surface area contributed by atoms with Crippen molar-refractivity contribution in [1.29, 1.82) is 0 Å². The molecule has 2 aromatic carbocycles. The maximum absolute atomic E-state index is 13.9. The SMILES string of the molecule is Cn1ccnc1[C@@H](O)c1ccccc1N1CCN(Cc2ccc(F)cc2F)CC1. The van der Waals surface area contributed by atoms with Crippen molar-refractivity contribution in [3.05, 3.63) is 83.4 Å². The van der Waals surface area contributed by atoms with E-state index in [0.29, 0.717) is 17.9 Å². The van der Waals surface area contributed by atoms with Gasteiger partial charge in [-0.1, -0.05) is 24.3 Å². The van der Waals surface area contributed by atoms with Crippen LogP contribution in [0.15, 0.2) is 54.9 Å². The van der Waals surface area contributed by atoms with E-state index in [1.54, 1.807) is 6.20 Å². The minimum atomic E-state index is -0.808. The summed E-state index contributed by atoms with van der Waals surface area (Å²) < 4.78 is 28.9. The van der Waals surface area contributed by atoms with Crippen molar-refractivity contribution in [1.82, 2.24) is 14.5 Å². The lowest BCUT2D eigenvalue weighted by Gasteiger charge is -2.37. The van der Waals surface area contributed by atoms with Crippen LogP contribution in [-0.4, -0.2) is 45.7 Å². The van der Waals surface area contributed by atoms with E-state index >= 15 is 0 Å². The van der Waals surface area contributed by atoms with Crippen LogP contribution >= 0.6 is 0 Å². The Labute approximate surface area is 168 Å². The third kappa shape index (κ3) is 4.16. The summed E-state index contributed by atoms with van der Waals surface area (Å²) in [6.45, 7) is 3.48. The van der Waals surface area contributed by atoms with Crippen LogP contribution in [-0.2, 0) is 13.6 Å². The van der Waals surface area contributed by atoms with Gasteiger partial charge in [-0.05, 0) is 12.1 Å². The van der Waals surface area contributed by atoms with E-state index in [1.807, 2.05) is 42.1 Å². The number of imidazole rings is 1. The Morgan fingerprint density at radius 2 is 1.83 bits per heavy atom. The molecule has 5 nitrogen and oxygen atoms in total. The van der Waals surface area contributed by atoms with E-state index in [-0.39, 0.29) is 0 Å². The molecule has 0 aliphatic carbocycles. The molecule has 1 aliphatic heterocycles. The number of hydrogen-bond acceptors (Lipinski definition) is 4. The van der Waals surface area contributed by atoms with Gasteiger partial charge in [0, 0.05) is 75.0 Å². The molecule has 0 unspecified atom stereocenters. The lowest BCUT2D eigenvalue weighted by molar-refractivity contribution is 0.205. The zero-order chi connectivity index (χ0) is 20.4. The summed E-state index contributed by atoms with van der Waals surface area (Å²) in [5, 5.41) is 10.9. The highest BCUT2D eigenvalue weighted by molar-refractivity contribution is 5.56. The number of aryl methyl sites for hydroxylation is 1. The van der Waals surface area contributed by atoms with E-state index in [0.717, 1.165) is 43.5 Å². The van der Waals surface area contributed by atoms with E-state index in [1.165, 1.54) is 12.1 Å². The van der Waals surface area contributed by atoms with Crippen LogP contribution in [0.1, 0.15) is 23.1 Å². The van der Waals surface area contributed by atoms with Gasteiger partial charge in [-0.2, -0.15) is 0 Å². The number of aromatic nitrogens is 2. The lowest BCUT2D eigenvalue weighted by Crippen LogP contribution is -2.46. The van der Waals surface area contributed by atoms with Crippen molar-refractivity contribution in [2.24, 2.45) is 7.05 Å². The van der Waals surface area contributed by atoms with Crippen molar-refractivity contribution < 1.29 is 13.9 Å². The van der Waals surface area contributed by atoms with Crippen molar-refractivity contribution in [3.63, 3.8) is 0 Å². The van der Waals surface area contributed by atoms with E-state index < -0.39 is 17.7 Å². The second kappa shape index (κ2) is 8.31. The highest BCUT2D eigenvalue weighted by Crippen LogP contribution is 2.30. The Hall–Kier alpha value is -2.77. The van der Waals surface area contributed by atoms with Crippen molar-refractivity contribution >= 4 is 5.69 Å². The zero-order valence-corrected chi connectivity index (χ0v) is 16.3. The Morgan fingerprint density at radius 1 is 1.07 bits per heavy atom. The molecule has 1 aliphatic rings. The summed E-state index contributed by atoms with van der Waals surface area (Å²) in [5.74, 6) is -0.460. The van der Waals surface area contributed by atoms with Crippen molar-refractivity contribution in [2.75, 3.05) is 31.1 Å². The highest BCUT2D eigenvalue weighted by atomic mass is 19.1. The number of aliphatic hydroxyl groups is 1. The predicted molar refractivity (Wildman–Crippen MR) is 108 cm³/mol. The molecular weight excluding hydrogens is 374 g/mol. The first-order valence-electron chi connectivity index (χ1n) is 9.68. The zero-order valence-electron chi connectivity index (χ0n) is 16.3. The number of nitrogens with zero attached hydrogens (tertiary/aromatic N) is 4. The Balaban J connectivity index is 1.46. The third-order valence-electron chi connectivity index (χ3n) is 5.46. The summed E-state index contributed by atoms with van der Waals surface area (Å²) in [6.07, 6.45) is 2.68. The van der Waals surface area contributed by atoms with Gasteiger partial charge in [0.2, 0.25) is 0 Å². The molecule has 0 radical (unpaired) electrons. The number of rotatable bonds is 5. The van der Waals surface area contributed by atoms with Crippen LogP contribution in [0.2, 0.25) is 0 Å². The summed E-state index contributed by atoms with van der Waals surface area (Å²) in [4.78, 5) is 8.67. The highest BCUT2D eigenvalue weighted by Gasteiger charge is 2.24. The van der Waals surface area contributed by atoms with Crippen LogP contribution < -0.4 is 4.90 Å². The van der Waals surface area contributed by atoms with Gasteiger partial charge in [0.15, 0.2) is 0 Å². The van der Waals surface area contributed by atoms with Crippen LogP contribution in [0.5, 0.6) is 0 Å². The molecule has 1 N–H and O–H groups in total. The minimum absolute atomic E-state index is 0.456.